The highest BCUT2D eigenvalue weighted by Crippen LogP contribution is 2.01. The Bertz CT molecular complexity index is 231. The van der Waals surface area contributed by atoms with Crippen LogP contribution < -0.4 is 10.6 Å². The number of amides is 2. The van der Waals surface area contributed by atoms with Crippen molar-refractivity contribution in [2.45, 2.75) is 20.8 Å². The van der Waals surface area contributed by atoms with Crippen LogP contribution in [0, 0.1) is 5.92 Å². The highest BCUT2D eigenvalue weighted by Gasteiger charge is 2.20. The fourth-order valence-corrected chi connectivity index (χ4v) is 1.48. The summed E-state index contributed by atoms with van der Waals surface area (Å²) in [4.78, 5) is 24.9. The summed E-state index contributed by atoms with van der Waals surface area (Å²) in [7, 11) is 1.81. The fourth-order valence-electron chi connectivity index (χ4n) is 1.48. The fraction of sp³-hybridized carbons (Fsp3) is 0.818. The second kappa shape index (κ2) is 8.10. The molecule has 0 rings (SSSR count). The number of nitrogens with one attached hydrogen (secondary N) is 2. The number of likely N-dealkylation sites (N-methyl/N-ethyl adjacent to an activating group) is 2. The highest BCUT2D eigenvalue weighted by atomic mass is 16.2. The molecule has 0 aromatic heterocycles. The number of hydrogen-bond donors (Lipinski definition) is 2. The monoisotopic (exact) mass is 229 g/mol. The molecule has 0 aliphatic carbocycles. The van der Waals surface area contributed by atoms with Gasteiger partial charge in [-0.3, -0.25) is 9.59 Å². The van der Waals surface area contributed by atoms with E-state index in [1.807, 2.05) is 27.8 Å². The Balaban J connectivity index is 4.26. The van der Waals surface area contributed by atoms with Crippen LogP contribution in [-0.4, -0.2) is 49.9 Å². The Hall–Kier alpha value is -1.10. The molecular formula is C11H23N3O2. The van der Waals surface area contributed by atoms with E-state index in [4.69, 9.17) is 0 Å². The lowest BCUT2D eigenvalue weighted by Crippen LogP contribution is -2.44. The van der Waals surface area contributed by atoms with Gasteiger partial charge in [0.15, 0.2) is 0 Å². The van der Waals surface area contributed by atoms with Gasteiger partial charge in [0.2, 0.25) is 11.8 Å². The molecule has 5 nitrogen and oxygen atoms in total. The van der Waals surface area contributed by atoms with Gasteiger partial charge in [-0.2, -0.15) is 0 Å². The summed E-state index contributed by atoms with van der Waals surface area (Å²) in [6, 6.07) is 0. The molecule has 0 spiro atoms. The van der Waals surface area contributed by atoms with Gasteiger partial charge < -0.3 is 15.5 Å². The maximum absolute atomic E-state index is 11.9. The molecule has 0 saturated heterocycles. The van der Waals surface area contributed by atoms with E-state index in [1.165, 1.54) is 0 Å². The van der Waals surface area contributed by atoms with Crippen LogP contribution in [-0.2, 0) is 9.59 Å². The molecule has 0 aliphatic rings. The molecule has 0 saturated carbocycles. The zero-order chi connectivity index (χ0) is 12.6. The third-order valence-corrected chi connectivity index (χ3v) is 2.33. The molecule has 0 aromatic rings. The molecule has 94 valence electrons. The lowest BCUT2D eigenvalue weighted by Gasteiger charge is -2.23. The topological polar surface area (TPSA) is 61.4 Å². The zero-order valence-corrected chi connectivity index (χ0v) is 10.7. The van der Waals surface area contributed by atoms with Crippen molar-refractivity contribution in [1.82, 2.24) is 15.5 Å². The molecular weight excluding hydrogens is 206 g/mol. The van der Waals surface area contributed by atoms with E-state index in [9.17, 15) is 9.59 Å². The molecule has 2 amide bonds. The van der Waals surface area contributed by atoms with Crippen LogP contribution in [0.2, 0.25) is 0 Å². The molecule has 0 aromatic carbocycles. The van der Waals surface area contributed by atoms with Gasteiger partial charge in [-0.1, -0.05) is 6.92 Å². The summed E-state index contributed by atoms with van der Waals surface area (Å²) in [5.41, 5.74) is 0. The summed E-state index contributed by atoms with van der Waals surface area (Å²) in [6.45, 7) is 7.53. The van der Waals surface area contributed by atoms with Gasteiger partial charge in [0.1, 0.15) is 0 Å². The zero-order valence-electron chi connectivity index (χ0n) is 10.7. The van der Waals surface area contributed by atoms with Crippen LogP contribution in [0.1, 0.15) is 20.8 Å². The van der Waals surface area contributed by atoms with Gasteiger partial charge in [0, 0.05) is 25.6 Å². The van der Waals surface area contributed by atoms with Crippen molar-refractivity contribution in [3.8, 4) is 0 Å². The number of hydrogen-bond acceptors (Lipinski definition) is 3. The Kier molecular flexibility index (Phi) is 7.54. The SMILES string of the molecule is CCNC(=O)CN(CC)C(=O)C(C)CNC. The van der Waals surface area contributed by atoms with Crippen molar-refractivity contribution in [1.29, 1.82) is 0 Å². The first kappa shape index (κ1) is 14.9. The van der Waals surface area contributed by atoms with Crippen LogP contribution in [0.15, 0.2) is 0 Å². The summed E-state index contributed by atoms with van der Waals surface area (Å²) in [6.07, 6.45) is 0. The number of nitrogens with zero attached hydrogens (tertiary/aromatic N) is 1. The van der Waals surface area contributed by atoms with Crippen molar-refractivity contribution in [3.63, 3.8) is 0 Å². The van der Waals surface area contributed by atoms with Crippen molar-refractivity contribution >= 4 is 11.8 Å². The molecule has 1 atom stereocenters. The van der Waals surface area contributed by atoms with E-state index in [0.717, 1.165) is 0 Å². The first-order chi connectivity index (χ1) is 7.56. The highest BCUT2D eigenvalue weighted by molar-refractivity contribution is 5.85. The second-order valence-electron chi connectivity index (χ2n) is 3.76. The minimum atomic E-state index is -0.102. The summed E-state index contributed by atoms with van der Waals surface area (Å²) >= 11 is 0. The van der Waals surface area contributed by atoms with Crippen molar-refractivity contribution in [3.05, 3.63) is 0 Å². The van der Waals surface area contributed by atoms with Gasteiger partial charge in [-0.25, -0.2) is 0 Å². The van der Waals surface area contributed by atoms with Crippen LogP contribution in [0.4, 0.5) is 0 Å². The van der Waals surface area contributed by atoms with E-state index < -0.39 is 0 Å². The van der Waals surface area contributed by atoms with Gasteiger partial charge in [0.05, 0.1) is 6.54 Å². The molecule has 0 bridgehead atoms. The van der Waals surface area contributed by atoms with E-state index in [1.54, 1.807) is 4.90 Å². The molecule has 0 radical (unpaired) electrons. The molecule has 0 heterocycles. The minimum Gasteiger partial charge on any atom is -0.355 e. The maximum Gasteiger partial charge on any atom is 0.239 e. The summed E-state index contributed by atoms with van der Waals surface area (Å²) < 4.78 is 0. The molecule has 2 N–H and O–H groups in total. The van der Waals surface area contributed by atoms with E-state index >= 15 is 0 Å². The van der Waals surface area contributed by atoms with Crippen LogP contribution in [0.25, 0.3) is 0 Å². The Morgan fingerprint density at radius 2 is 1.94 bits per heavy atom. The van der Waals surface area contributed by atoms with Crippen LogP contribution in [0.3, 0.4) is 0 Å². The van der Waals surface area contributed by atoms with E-state index in [0.29, 0.717) is 19.6 Å². The summed E-state index contributed by atoms with van der Waals surface area (Å²) in [5.74, 6) is -0.183. The largest absolute Gasteiger partial charge is 0.355 e. The van der Waals surface area contributed by atoms with Gasteiger partial charge in [-0.05, 0) is 20.9 Å². The van der Waals surface area contributed by atoms with Crippen molar-refractivity contribution < 1.29 is 9.59 Å². The van der Waals surface area contributed by atoms with Crippen LogP contribution >= 0.6 is 0 Å². The van der Waals surface area contributed by atoms with E-state index in [-0.39, 0.29) is 24.3 Å². The molecule has 1 unspecified atom stereocenters. The Morgan fingerprint density at radius 1 is 1.31 bits per heavy atom. The van der Waals surface area contributed by atoms with Gasteiger partial charge in [-0.15, -0.1) is 0 Å². The standard InChI is InChI=1S/C11H23N3O2/c1-5-13-10(15)8-14(6-2)11(16)9(3)7-12-4/h9,12H,5-8H2,1-4H3,(H,13,15). The average molecular weight is 229 g/mol. The molecule has 5 heteroatoms. The third kappa shape index (κ3) is 5.11. The molecule has 0 aliphatic heterocycles. The first-order valence-electron chi connectivity index (χ1n) is 5.76. The average Bonchev–Trinajstić information content (AvgIpc) is 2.25. The molecule has 16 heavy (non-hydrogen) atoms. The van der Waals surface area contributed by atoms with Crippen molar-refractivity contribution in [2.75, 3.05) is 33.2 Å². The minimum absolute atomic E-state index is 0.0168. The maximum atomic E-state index is 11.9. The first-order valence-corrected chi connectivity index (χ1v) is 5.76. The number of carbonyl (C=O) groups excluding carboxylic acids is 2. The van der Waals surface area contributed by atoms with Crippen LogP contribution in [0.5, 0.6) is 0 Å². The normalized spacial score (nSPS) is 12.0. The van der Waals surface area contributed by atoms with E-state index in [2.05, 4.69) is 10.6 Å². The second-order valence-corrected chi connectivity index (χ2v) is 3.76. The lowest BCUT2D eigenvalue weighted by molar-refractivity contribution is -0.138. The Labute approximate surface area is 97.6 Å². The van der Waals surface area contributed by atoms with Gasteiger partial charge >= 0.3 is 0 Å². The van der Waals surface area contributed by atoms with Gasteiger partial charge in [0.25, 0.3) is 0 Å². The Morgan fingerprint density at radius 3 is 2.38 bits per heavy atom. The number of rotatable bonds is 7. The van der Waals surface area contributed by atoms with Crippen molar-refractivity contribution in [2.24, 2.45) is 5.92 Å². The predicted molar refractivity (Wildman–Crippen MR) is 64.0 cm³/mol. The summed E-state index contributed by atoms with van der Waals surface area (Å²) in [5, 5.41) is 5.65. The smallest absolute Gasteiger partial charge is 0.239 e. The number of carbonyl (C=O) groups is 2. The quantitative estimate of drug-likeness (QED) is 0.637. The molecule has 0 fully saturated rings. The predicted octanol–water partition coefficient (Wildman–Crippen LogP) is -0.173. The lowest BCUT2D eigenvalue weighted by atomic mass is 10.1. The third-order valence-electron chi connectivity index (χ3n) is 2.33.